The van der Waals surface area contributed by atoms with Gasteiger partial charge in [0, 0.05) is 6.20 Å². The molecule has 13 heavy (non-hydrogen) atoms. The van der Waals surface area contributed by atoms with Gasteiger partial charge in [0.25, 0.3) is 0 Å². The molecule has 4 heteroatoms. The standard InChI is InChI=1S/C9H8N2O2/c1-13-8-4-2-3-7-6(8)5-10-9(12)11-7/h2-5H,1H3,(H,10,11,12). The Morgan fingerprint density at radius 1 is 1.46 bits per heavy atom. The lowest BCUT2D eigenvalue weighted by Crippen LogP contribution is -2.08. The van der Waals surface area contributed by atoms with E-state index >= 15 is 0 Å². The summed E-state index contributed by atoms with van der Waals surface area (Å²) in [6.45, 7) is 0. The molecular weight excluding hydrogens is 168 g/mol. The van der Waals surface area contributed by atoms with E-state index in [0.29, 0.717) is 5.75 Å². The number of aromatic nitrogens is 2. The minimum absolute atomic E-state index is 0.347. The van der Waals surface area contributed by atoms with Crippen LogP contribution in [0.5, 0.6) is 5.75 Å². The Bertz CT molecular complexity index is 490. The predicted octanol–water partition coefficient (Wildman–Crippen LogP) is 0.932. The van der Waals surface area contributed by atoms with Crippen molar-refractivity contribution in [1.29, 1.82) is 0 Å². The lowest BCUT2D eigenvalue weighted by atomic mass is 10.2. The van der Waals surface area contributed by atoms with Crippen LogP contribution in [0.15, 0.2) is 29.2 Å². The number of rotatable bonds is 1. The molecule has 4 nitrogen and oxygen atoms in total. The van der Waals surface area contributed by atoms with Gasteiger partial charge in [-0.3, -0.25) is 0 Å². The molecule has 0 amide bonds. The van der Waals surface area contributed by atoms with Crippen LogP contribution >= 0.6 is 0 Å². The van der Waals surface area contributed by atoms with Gasteiger partial charge in [-0.15, -0.1) is 0 Å². The van der Waals surface area contributed by atoms with Crippen LogP contribution in [-0.2, 0) is 0 Å². The van der Waals surface area contributed by atoms with Gasteiger partial charge >= 0.3 is 5.69 Å². The van der Waals surface area contributed by atoms with Gasteiger partial charge in [-0.2, -0.15) is 0 Å². The molecule has 2 aromatic rings. The zero-order chi connectivity index (χ0) is 9.26. The number of aromatic amines is 1. The van der Waals surface area contributed by atoms with E-state index in [0.717, 1.165) is 10.9 Å². The molecule has 0 saturated heterocycles. The summed E-state index contributed by atoms with van der Waals surface area (Å²) in [5.41, 5.74) is 0.389. The number of nitrogens with zero attached hydrogens (tertiary/aromatic N) is 1. The van der Waals surface area contributed by atoms with E-state index in [1.807, 2.05) is 12.1 Å². The molecule has 0 unspecified atom stereocenters. The van der Waals surface area contributed by atoms with Gasteiger partial charge in [-0.05, 0) is 12.1 Å². The van der Waals surface area contributed by atoms with E-state index in [-0.39, 0.29) is 5.69 Å². The molecule has 0 atom stereocenters. The number of hydrogen-bond donors (Lipinski definition) is 1. The Morgan fingerprint density at radius 2 is 2.31 bits per heavy atom. The Hall–Kier alpha value is -1.84. The first-order valence-electron chi connectivity index (χ1n) is 3.83. The quantitative estimate of drug-likeness (QED) is 0.703. The van der Waals surface area contributed by atoms with Crippen LogP contribution in [0, 0.1) is 0 Å². The van der Waals surface area contributed by atoms with Crippen molar-refractivity contribution in [2.24, 2.45) is 0 Å². The van der Waals surface area contributed by atoms with Crippen LogP contribution in [0.25, 0.3) is 10.9 Å². The molecule has 0 aliphatic carbocycles. The number of H-pyrrole nitrogens is 1. The van der Waals surface area contributed by atoms with Crippen LogP contribution < -0.4 is 10.4 Å². The maximum atomic E-state index is 10.9. The molecule has 0 aliphatic heterocycles. The second-order valence-electron chi connectivity index (χ2n) is 2.61. The maximum absolute atomic E-state index is 10.9. The second-order valence-corrected chi connectivity index (χ2v) is 2.61. The Balaban J connectivity index is 2.85. The third-order valence-corrected chi connectivity index (χ3v) is 1.84. The summed E-state index contributed by atoms with van der Waals surface area (Å²) in [5.74, 6) is 0.709. The summed E-state index contributed by atoms with van der Waals surface area (Å²) in [4.78, 5) is 17.1. The van der Waals surface area contributed by atoms with Gasteiger partial charge in [0.1, 0.15) is 5.75 Å². The number of fused-ring (bicyclic) bond motifs is 1. The molecule has 1 N–H and O–H groups in total. The van der Waals surface area contributed by atoms with Gasteiger partial charge in [-0.25, -0.2) is 9.78 Å². The molecule has 0 bridgehead atoms. The topological polar surface area (TPSA) is 55.0 Å². The average Bonchev–Trinajstić information content (AvgIpc) is 2.16. The molecule has 1 aromatic heterocycles. The van der Waals surface area contributed by atoms with E-state index in [9.17, 15) is 4.79 Å². The first kappa shape index (κ1) is 7.79. The van der Waals surface area contributed by atoms with Crippen molar-refractivity contribution in [3.05, 3.63) is 34.9 Å². The summed E-state index contributed by atoms with van der Waals surface area (Å²) in [6.07, 6.45) is 1.51. The van der Waals surface area contributed by atoms with Crippen molar-refractivity contribution in [3.8, 4) is 5.75 Å². The smallest absolute Gasteiger partial charge is 0.345 e. The summed E-state index contributed by atoms with van der Waals surface area (Å²) in [6, 6.07) is 5.44. The van der Waals surface area contributed by atoms with Crippen molar-refractivity contribution in [1.82, 2.24) is 9.97 Å². The minimum atomic E-state index is -0.347. The summed E-state index contributed by atoms with van der Waals surface area (Å²) >= 11 is 0. The van der Waals surface area contributed by atoms with Crippen LogP contribution in [-0.4, -0.2) is 17.1 Å². The number of nitrogens with one attached hydrogen (secondary N) is 1. The van der Waals surface area contributed by atoms with Gasteiger partial charge in [0.05, 0.1) is 18.0 Å². The van der Waals surface area contributed by atoms with E-state index in [1.54, 1.807) is 13.2 Å². The third kappa shape index (κ3) is 1.26. The summed E-state index contributed by atoms with van der Waals surface area (Å²) < 4.78 is 5.11. The van der Waals surface area contributed by atoms with E-state index in [4.69, 9.17) is 4.74 Å². The lowest BCUT2D eigenvalue weighted by molar-refractivity contribution is 0.419. The SMILES string of the molecule is COc1cccc2[nH]c(=O)ncc12. The molecular formula is C9H8N2O2. The Morgan fingerprint density at radius 3 is 3.08 bits per heavy atom. The first-order chi connectivity index (χ1) is 6.31. The highest BCUT2D eigenvalue weighted by atomic mass is 16.5. The number of benzene rings is 1. The second kappa shape index (κ2) is 2.90. The lowest BCUT2D eigenvalue weighted by Gasteiger charge is -2.02. The van der Waals surface area contributed by atoms with Crippen molar-refractivity contribution in [2.75, 3.05) is 7.11 Å². The zero-order valence-corrected chi connectivity index (χ0v) is 7.07. The average molecular weight is 176 g/mol. The predicted molar refractivity (Wildman–Crippen MR) is 48.9 cm³/mol. The Labute approximate surface area is 74.2 Å². The minimum Gasteiger partial charge on any atom is -0.496 e. The van der Waals surface area contributed by atoms with Gasteiger partial charge in [0.15, 0.2) is 0 Å². The first-order valence-corrected chi connectivity index (χ1v) is 3.83. The van der Waals surface area contributed by atoms with Crippen molar-refractivity contribution in [3.63, 3.8) is 0 Å². The fourth-order valence-corrected chi connectivity index (χ4v) is 1.23. The van der Waals surface area contributed by atoms with E-state index < -0.39 is 0 Å². The summed E-state index contributed by atoms with van der Waals surface area (Å²) in [5, 5.41) is 0.810. The highest BCUT2D eigenvalue weighted by Gasteiger charge is 2.00. The van der Waals surface area contributed by atoms with Crippen molar-refractivity contribution < 1.29 is 4.74 Å². The summed E-state index contributed by atoms with van der Waals surface area (Å²) in [7, 11) is 1.58. The van der Waals surface area contributed by atoms with Crippen LogP contribution in [0.1, 0.15) is 0 Å². The normalized spacial score (nSPS) is 10.2. The highest BCUT2D eigenvalue weighted by molar-refractivity contribution is 5.83. The fraction of sp³-hybridized carbons (Fsp3) is 0.111. The van der Waals surface area contributed by atoms with Crippen LogP contribution in [0.4, 0.5) is 0 Å². The van der Waals surface area contributed by atoms with Crippen molar-refractivity contribution in [2.45, 2.75) is 0 Å². The van der Waals surface area contributed by atoms with E-state index in [1.165, 1.54) is 6.20 Å². The largest absolute Gasteiger partial charge is 0.496 e. The molecule has 0 saturated carbocycles. The van der Waals surface area contributed by atoms with Crippen LogP contribution in [0.2, 0.25) is 0 Å². The number of ether oxygens (including phenoxy) is 1. The molecule has 0 radical (unpaired) electrons. The highest BCUT2D eigenvalue weighted by Crippen LogP contribution is 2.21. The van der Waals surface area contributed by atoms with Gasteiger partial charge < -0.3 is 9.72 Å². The Kier molecular flexibility index (Phi) is 1.73. The molecule has 0 spiro atoms. The number of methoxy groups -OCH3 is 1. The zero-order valence-electron chi connectivity index (χ0n) is 7.07. The molecule has 2 rings (SSSR count). The van der Waals surface area contributed by atoms with E-state index in [2.05, 4.69) is 9.97 Å². The van der Waals surface area contributed by atoms with Gasteiger partial charge in [0.2, 0.25) is 0 Å². The maximum Gasteiger partial charge on any atom is 0.345 e. The van der Waals surface area contributed by atoms with Gasteiger partial charge in [-0.1, -0.05) is 6.07 Å². The van der Waals surface area contributed by atoms with Crippen molar-refractivity contribution >= 4 is 10.9 Å². The number of hydrogen-bond acceptors (Lipinski definition) is 3. The fourth-order valence-electron chi connectivity index (χ4n) is 1.23. The monoisotopic (exact) mass is 176 g/mol. The molecule has 1 heterocycles. The molecule has 0 fully saturated rings. The third-order valence-electron chi connectivity index (χ3n) is 1.84. The molecule has 0 aliphatic rings. The molecule has 66 valence electrons. The molecule has 1 aromatic carbocycles. The van der Waals surface area contributed by atoms with Crippen LogP contribution in [0.3, 0.4) is 0 Å².